The quantitative estimate of drug-likeness (QED) is 0.749. The number of amides is 1. The van der Waals surface area contributed by atoms with Gasteiger partial charge in [-0.1, -0.05) is 38.0 Å². The third kappa shape index (κ3) is 3.30. The van der Waals surface area contributed by atoms with Crippen LogP contribution >= 0.6 is 11.6 Å². The average Bonchev–Trinajstić information content (AvgIpc) is 2.98. The number of hydrogen-bond acceptors (Lipinski definition) is 1. The Hall–Kier alpha value is -1.02. The van der Waals surface area contributed by atoms with E-state index in [1.54, 1.807) is 0 Å². The first-order valence-electron chi connectivity index (χ1n) is 7.22. The highest BCUT2D eigenvalue weighted by Gasteiger charge is 2.27. The fourth-order valence-corrected chi connectivity index (χ4v) is 3.13. The van der Waals surface area contributed by atoms with Crippen molar-refractivity contribution < 1.29 is 4.79 Å². The first kappa shape index (κ1) is 14.4. The number of carbonyl (C=O) groups excluding carboxylic acids is 1. The van der Waals surface area contributed by atoms with Crippen molar-refractivity contribution in [2.45, 2.75) is 45.1 Å². The van der Waals surface area contributed by atoms with Gasteiger partial charge in [0.1, 0.15) is 0 Å². The van der Waals surface area contributed by atoms with E-state index in [2.05, 4.69) is 6.92 Å². The molecule has 0 N–H and O–H groups in total. The Bertz CT molecular complexity index is 427. The zero-order valence-electron chi connectivity index (χ0n) is 11.6. The molecule has 0 bridgehead atoms. The van der Waals surface area contributed by atoms with Gasteiger partial charge in [0.2, 0.25) is 0 Å². The van der Waals surface area contributed by atoms with E-state index in [9.17, 15) is 4.79 Å². The van der Waals surface area contributed by atoms with E-state index in [0.717, 1.165) is 30.4 Å². The van der Waals surface area contributed by atoms with E-state index >= 15 is 0 Å². The van der Waals surface area contributed by atoms with Crippen LogP contribution in [0.4, 0.5) is 0 Å². The SMILES string of the molecule is CCc1ccccc1C(=O)N(CCCl)C1CCCC1. The van der Waals surface area contributed by atoms with Crippen molar-refractivity contribution >= 4 is 17.5 Å². The first-order chi connectivity index (χ1) is 9.27. The van der Waals surface area contributed by atoms with Crippen LogP contribution in [0.3, 0.4) is 0 Å². The van der Waals surface area contributed by atoms with Crippen molar-refractivity contribution in [1.29, 1.82) is 0 Å². The molecule has 0 heterocycles. The highest BCUT2D eigenvalue weighted by Crippen LogP contribution is 2.25. The van der Waals surface area contributed by atoms with Gasteiger partial charge < -0.3 is 4.90 Å². The van der Waals surface area contributed by atoms with Gasteiger partial charge in [0.25, 0.3) is 5.91 Å². The zero-order chi connectivity index (χ0) is 13.7. The summed E-state index contributed by atoms with van der Waals surface area (Å²) in [6.45, 7) is 2.75. The second-order valence-electron chi connectivity index (χ2n) is 5.14. The van der Waals surface area contributed by atoms with Crippen LogP contribution in [-0.4, -0.2) is 29.3 Å². The Morgan fingerprint density at radius 2 is 2.00 bits per heavy atom. The molecule has 1 aliphatic rings. The molecular weight excluding hydrogens is 258 g/mol. The number of rotatable bonds is 5. The van der Waals surface area contributed by atoms with Crippen molar-refractivity contribution in [3.63, 3.8) is 0 Å². The van der Waals surface area contributed by atoms with Crippen molar-refractivity contribution in [2.24, 2.45) is 0 Å². The predicted molar refractivity (Wildman–Crippen MR) is 79.8 cm³/mol. The van der Waals surface area contributed by atoms with E-state index < -0.39 is 0 Å². The summed E-state index contributed by atoms with van der Waals surface area (Å²) in [5, 5.41) is 0. The molecule has 0 radical (unpaired) electrons. The molecular formula is C16H22ClNO. The molecule has 1 aliphatic carbocycles. The maximum atomic E-state index is 12.8. The Balaban J connectivity index is 2.22. The largest absolute Gasteiger partial charge is 0.334 e. The van der Waals surface area contributed by atoms with E-state index in [1.807, 2.05) is 29.2 Å². The van der Waals surface area contributed by atoms with Crippen molar-refractivity contribution in [1.82, 2.24) is 4.90 Å². The third-order valence-electron chi connectivity index (χ3n) is 3.98. The summed E-state index contributed by atoms with van der Waals surface area (Å²) in [5.41, 5.74) is 1.98. The lowest BCUT2D eigenvalue weighted by Gasteiger charge is -2.29. The summed E-state index contributed by atoms with van der Waals surface area (Å²) < 4.78 is 0. The van der Waals surface area contributed by atoms with Gasteiger partial charge >= 0.3 is 0 Å². The summed E-state index contributed by atoms with van der Waals surface area (Å²) in [7, 11) is 0. The first-order valence-corrected chi connectivity index (χ1v) is 7.76. The minimum Gasteiger partial charge on any atom is -0.334 e. The van der Waals surface area contributed by atoms with Crippen molar-refractivity contribution in [3.8, 4) is 0 Å². The molecule has 2 nitrogen and oxygen atoms in total. The molecule has 3 heteroatoms. The smallest absolute Gasteiger partial charge is 0.254 e. The van der Waals surface area contributed by atoms with Gasteiger partial charge in [0.15, 0.2) is 0 Å². The maximum absolute atomic E-state index is 12.8. The summed E-state index contributed by atoms with van der Waals surface area (Å²) in [5.74, 6) is 0.668. The minimum absolute atomic E-state index is 0.157. The second-order valence-corrected chi connectivity index (χ2v) is 5.51. The lowest BCUT2D eigenvalue weighted by atomic mass is 10.0. The fraction of sp³-hybridized carbons (Fsp3) is 0.562. The number of nitrogens with zero attached hydrogens (tertiary/aromatic N) is 1. The summed E-state index contributed by atoms with van der Waals surface area (Å²) in [6.07, 6.45) is 5.59. The van der Waals surface area contributed by atoms with Gasteiger partial charge in [-0.2, -0.15) is 0 Å². The molecule has 1 aromatic rings. The summed E-state index contributed by atoms with van der Waals surface area (Å²) >= 11 is 5.89. The number of hydrogen-bond donors (Lipinski definition) is 0. The van der Waals surface area contributed by atoms with Crippen LogP contribution in [0.15, 0.2) is 24.3 Å². The van der Waals surface area contributed by atoms with Crippen LogP contribution in [0, 0.1) is 0 Å². The number of alkyl halides is 1. The summed E-state index contributed by atoms with van der Waals surface area (Å²) in [6, 6.07) is 8.31. The molecule has 104 valence electrons. The molecule has 19 heavy (non-hydrogen) atoms. The zero-order valence-corrected chi connectivity index (χ0v) is 12.3. The van der Waals surface area contributed by atoms with Gasteiger partial charge in [-0.15, -0.1) is 11.6 Å². The van der Waals surface area contributed by atoms with Crippen molar-refractivity contribution in [3.05, 3.63) is 35.4 Å². The highest BCUT2D eigenvalue weighted by molar-refractivity contribution is 6.18. The molecule has 0 unspecified atom stereocenters. The second kappa shape index (κ2) is 6.95. The molecule has 1 fully saturated rings. The standard InChI is InChI=1S/C16H22ClNO/c1-2-13-7-3-6-10-15(13)16(19)18(12-11-17)14-8-4-5-9-14/h3,6-7,10,14H,2,4-5,8-9,11-12H2,1H3. The number of aryl methyl sites for hydroxylation is 1. The van der Waals surface area contributed by atoms with Crippen LogP contribution in [0.5, 0.6) is 0 Å². The Morgan fingerprint density at radius 3 is 2.63 bits per heavy atom. The summed E-state index contributed by atoms with van der Waals surface area (Å²) in [4.78, 5) is 14.8. The maximum Gasteiger partial charge on any atom is 0.254 e. The van der Waals surface area contributed by atoms with Crippen LogP contribution < -0.4 is 0 Å². The Labute approximate surface area is 120 Å². The molecule has 1 saturated carbocycles. The van der Waals surface area contributed by atoms with Crippen LogP contribution in [0.1, 0.15) is 48.5 Å². The lowest BCUT2D eigenvalue weighted by molar-refractivity contribution is 0.0694. The number of carbonyl (C=O) groups is 1. The Morgan fingerprint density at radius 1 is 1.32 bits per heavy atom. The molecule has 0 saturated heterocycles. The van der Waals surface area contributed by atoms with E-state index in [0.29, 0.717) is 18.5 Å². The monoisotopic (exact) mass is 279 g/mol. The molecule has 1 aromatic carbocycles. The van der Waals surface area contributed by atoms with E-state index in [1.165, 1.54) is 12.8 Å². The molecule has 0 aromatic heterocycles. The molecule has 1 amide bonds. The molecule has 0 spiro atoms. The van der Waals surface area contributed by atoms with Gasteiger partial charge in [-0.25, -0.2) is 0 Å². The number of benzene rings is 1. The topological polar surface area (TPSA) is 20.3 Å². The van der Waals surface area contributed by atoms with Crippen molar-refractivity contribution in [2.75, 3.05) is 12.4 Å². The molecule has 2 rings (SSSR count). The van der Waals surface area contributed by atoms with E-state index in [4.69, 9.17) is 11.6 Å². The Kier molecular flexibility index (Phi) is 5.26. The molecule has 0 aliphatic heterocycles. The highest BCUT2D eigenvalue weighted by atomic mass is 35.5. The van der Waals surface area contributed by atoms with Crippen LogP contribution in [0.25, 0.3) is 0 Å². The van der Waals surface area contributed by atoms with Gasteiger partial charge in [-0.05, 0) is 30.9 Å². The van der Waals surface area contributed by atoms with Crippen LogP contribution in [0.2, 0.25) is 0 Å². The van der Waals surface area contributed by atoms with Gasteiger partial charge in [0.05, 0.1) is 0 Å². The lowest BCUT2D eigenvalue weighted by Crippen LogP contribution is -2.40. The predicted octanol–water partition coefficient (Wildman–Crippen LogP) is 3.87. The third-order valence-corrected chi connectivity index (χ3v) is 4.15. The molecule has 0 atom stereocenters. The fourth-order valence-electron chi connectivity index (χ4n) is 2.95. The van der Waals surface area contributed by atoms with Gasteiger partial charge in [-0.3, -0.25) is 4.79 Å². The minimum atomic E-state index is 0.157. The number of halogens is 1. The average molecular weight is 280 g/mol. The van der Waals surface area contributed by atoms with E-state index in [-0.39, 0.29) is 5.91 Å². The van der Waals surface area contributed by atoms with Gasteiger partial charge in [0, 0.05) is 24.0 Å². The van der Waals surface area contributed by atoms with Crippen LogP contribution in [-0.2, 0) is 6.42 Å². The normalized spacial score (nSPS) is 15.7.